The Kier molecular flexibility index (Phi) is 3.81. The van der Waals surface area contributed by atoms with Crippen LogP contribution in [-0.2, 0) is 18.5 Å². The second-order valence-corrected chi connectivity index (χ2v) is 4.23. The first-order valence-corrected chi connectivity index (χ1v) is 5.59. The molecule has 0 bridgehead atoms. The molecule has 126 valence electrons. The molecule has 0 atom stereocenters. The molecule has 0 unspecified atom stereocenters. The summed E-state index contributed by atoms with van der Waals surface area (Å²) >= 11 is 0. The largest absolute Gasteiger partial charge is 0.452 e. The van der Waals surface area contributed by atoms with Gasteiger partial charge in [-0.05, 0) is 18.2 Å². The Balaban J connectivity index is 2.74. The van der Waals surface area contributed by atoms with Crippen LogP contribution >= 0.6 is 0 Å². The summed E-state index contributed by atoms with van der Waals surface area (Å²) in [5.41, 5.74) is -2.42. The number of aromatic nitrogens is 3. The number of benzene rings is 1. The molecule has 0 N–H and O–H groups in total. The molecule has 0 saturated carbocycles. The fourth-order valence-corrected chi connectivity index (χ4v) is 1.72. The highest BCUT2D eigenvalue weighted by Crippen LogP contribution is 2.37. The molecule has 2 aromatic rings. The molecule has 1 aromatic carbocycles. The predicted octanol–water partition coefficient (Wildman–Crippen LogP) is 4.32. The van der Waals surface area contributed by atoms with Gasteiger partial charge in [0, 0.05) is 5.69 Å². The molecule has 0 aliphatic carbocycles. The standard InChI is InChI=1S/C11H4F9N3/c12-9(13,14)5-2-1-3-6(4-5)23-7(10(15,16)17)21-22-8(23)11(18,19)20/h1-4H. The molecule has 0 amide bonds. The second-order valence-electron chi connectivity index (χ2n) is 4.23. The minimum Gasteiger partial charge on any atom is -0.268 e. The summed E-state index contributed by atoms with van der Waals surface area (Å²) in [4.78, 5) is 0. The summed E-state index contributed by atoms with van der Waals surface area (Å²) in [7, 11) is 0. The summed E-state index contributed by atoms with van der Waals surface area (Å²) < 4.78 is 114. The van der Waals surface area contributed by atoms with Gasteiger partial charge in [0.1, 0.15) is 0 Å². The number of alkyl halides is 9. The minimum atomic E-state index is -5.34. The van der Waals surface area contributed by atoms with Crippen LogP contribution in [-0.4, -0.2) is 14.8 Å². The Morgan fingerprint density at radius 1 is 0.696 bits per heavy atom. The molecule has 23 heavy (non-hydrogen) atoms. The van der Waals surface area contributed by atoms with Gasteiger partial charge < -0.3 is 0 Å². The van der Waals surface area contributed by atoms with Gasteiger partial charge in [-0.15, -0.1) is 10.2 Å². The third-order valence-corrected chi connectivity index (χ3v) is 2.60. The number of hydrogen-bond acceptors (Lipinski definition) is 2. The van der Waals surface area contributed by atoms with Gasteiger partial charge in [-0.1, -0.05) is 6.07 Å². The van der Waals surface area contributed by atoms with Crippen molar-refractivity contribution in [1.29, 1.82) is 0 Å². The van der Waals surface area contributed by atoms with Crippen molar-refractivity contribution in [2.75, 3.05) is 0 Å². The first-order chi connectivity index (χ1) is 10.3. The van der Waals surface area contributed by atoms with Crippen molar-refractivity contribution in [3.05, 3.63) is 41.5 Å². The van der Waals surface area contributed by atoms with E-state index in [4.69, 9.17) is 0 Å². The summed E-state index contributed by atoms with van der Waals surface area (Å²) in [6.45, 7) is 0. The highest BCUT2D eigenvalue weighted by atomic mass is 19.4. The lowest BCUT2D eigenvalue weighted by atomic mass is 10.2. The van der Waals surface area contributed by atoms with Crippen LogP contribution < -0.4 is 0 Å². The maximum absolute atomic E-state index is 12.8. The Hall–Kier alpha value is -2.27. The van der Waals surface area contributed by atoms with E-state index in [9.17, 15) is 39.5 Å². The van der Waals surface area contributed by atoms with Crippen molar-refractivity contribution in [3.8, 4) is 5.69 Å². The van der Waals surface area contributed by atoms with Gasteiger partial charge in [0.2, 0.25) is 11.6 Å². The van der Waals surface area contributed by atoms with Crippen molar-refractivity contribution in [1.82, 2.24) is 14.8 Å². The Morgan fingerprint density at radius 2 is 1.17 bits per heavy atom. The van der Waals surface area contributed by atoms with Gasteiger partial charge >= 0.3 is 18.5 Å². The van der Waals surface area contributed by atoms with Crippen molar-refractivity contribution in [3.63, 3.8) is 0 Å². The average Bonchev–Trinajstić information content (AvgIpc) is 2.82. The quantitative estimate of drug-likeness (QED) is 0.718. The van der Waals surface area contributed by atoms with E-state index in [0.717, 1.165) is 0 Å². The van der Waals surface area contributed by atoms with Gasteiger partial charge in [-0.25, -0.2) is 0 Å². The molecule has 1 heterocycles. The predicted molar refractivity (Wildman–Crippen MR) is 56.4 cm³/mol. The molecule has 12 heteroatoms. The molecular formula is C11H4F9N3. The van der Waals surface area contributed by atoms with E-state index in [-0.39, 0.29) is 6.07 Å². The van der Waals surface area contributed by atoms with E-state index in [2.05, 4.69) is 10.2 Å². The summed E-state index contributed by atoms with van der Waals surface area (Å²) in [5, 5.41) is 4.82. The van der Waals surface area contributed by atoms with Crippen LogP contribution in [0.15, 0.2) is 24.3 Å². The van der Waals surface area contributed by atoms with Crippen molar-refractivity contribution >= 4 is 0 Å². The fraction of sp³-hybridized carbons (Fsp3) is 0.273. The third kappa shape index (κ3) is 3.40. The maximum Gasteiger partial charge on any atom is 0.452 e. The van der Waals surface area contributed by atoms with Crippen LogP contribution in [0.25, 0.3) is 5.69 Å². The van der Waals surface area contributed by atoms with Crippen LogP contribution in [0.2, 0.25) is 0 Å². The maximum atomic E-state index is 12.8. The Morgan fingerprint density at radius 3 is 1.57 bits per heavy atom. The van der Waals surface area contributed by atoms with Gasteiger partial charge in [0.15, 0.2) is 0 Å². The van der Waals surface area contributed by atoms with Gasteiger partial charge in [-0.3, -0.25) is 4.57 Å². The zero-order valence-corrected chi connectivity index (χ0v) is 10.6. The summed E-state index contributed by atoms with van der Waals surface area (Å²) in [6.07, 6.45) is -15.6. The van der Waals surface area contributed by atoms with Gasteiger partial charge in [-0.2, -0.15) is 39.5 Å². The zero-order chi connectivity index (χ0) is 17.6. The lowest BCUT2D eigenvalue weighted by molar-refractivity contribution is -0.153. The van der Waals surface area contributed by atoms with Crippen LogP contribution in [0.5, 0.6) is 0 Å². The normalized spacial score (nSPS) is 13.4. The summed E-state index contributed by atoms with van der Waals surface area (Å²) in [6, 6.07) is 1.99. The first kappa shape index (κ1) is 17.1. The first-order valence-electron chi connectivity index (χ1n) is 5.59. The van der Waals surface area contributed by atoms with E-state index >= 15 is 0 Å². The van der Waals surface area contributed by atoms with E-state index in [1.807, 2.05) is 0 Å². The van der Waals surface area contributed by atoms with Crippen molar-refractivity contribution in [2.24, 2.45) is 0 Å². The number of nitrogens with zero attached hydrogens (tertiary/aromatic N) is 3. The van der Waals surface area contributed by atoms with Crippen LogP contribution in [0.3, 0.4) is 0 Å². The highest BCUT2D eigenvalue weighted by Gasteiger charge is 2.46. The number of rotatable bonds is 1. The van der Waals surface area contributed by atoms with Crippen LogP contribution in [0, 0.1) is 0 Å². The molecule has 3 nitrogen and oxygen atoms in total. The molecule has 0 fully saturated rings. The monoisotopic (exact) mass is 349 g/mol. The molecule has 0 spiro atoms. The van der Waals surface area contributed by atoms with Crippen molar-refractivity contribution < 1.29 is 39.5 Å². The lowest BCUT2D eigenvalue weighted by Gasteiger charge is -2.15. The third-order valence-electron chi connectivity index (χ3n) is 2.60. The van der Waals surface area contributed by atoms with Crippen LogP contribution in [0.4, 0.5) is 39.5 Å². The van der Waals surface area contributed by atoms with Crippen LogP contribution in [0.1, 0.15) is 17.2 Å². The summed E-state index contributed by atoms with van der Waals surface area (Å²) in [5.74, 6) is -4.16. The Labute approximate surface area is 121 Å². The fourth-order valence-electron chi connectivity index (χ4n) is 1.72. The van der Waals surface area contributed by atoms with E-state index in [0.29, 0.717) is 18.2 Å². The number of halogens is 9. The minimum absolute atomic E-state index is 0.147. The second kappa shape index (κ2) is 5.13. The van der Waals surface area contributed by atoms with Gasteiger partial charge in [0.25, 0.3) is 0 Å². The average molecular weight is 349 g/mol. The van der Waals surface area contributed by atoms with Gasteiger partial charge in [0.05, 0.1) is 5.56 Å². The van der Waals surface area contributed by atoms with Crippen molar-refractivity contribution in [2.45, 2.75) is 18.5 Å². The molecular weight excluding hydrogens is 345 g/mol. The molecule has 0 aliphatic heterocycles. The zero-order valence-electron chi connectivity index (χ0n) is 10.6. The SMILES string of the molecule is FC(F)(F)c1cccc(-n2c(C(F)(F)F)nnc2C(F)(F)F)c1. The molecule has 1 aromatic heterocycles. The smallest absolute Gasteiger partial charge is 0.268 e. The molecule has 0 radical (unpaired) electrons. The molecule has 0 saturated heterocycles. The molecule has 2 rings (SSSR count). The Bertz CT molecular complexity index is 677. The molecule has 0 aliphatic rings. The van der Waals surface area contributed by atoms with E-state index in [1.54, 1.807) is 0 Å². The lowest BCUT2D eigenvalue weighted by Crippen LogP contribution is -2.20. The number of hydrogen-bond donors (Lipinski definition) is 0. The highest BCUT2D eigenvalue weighted by molar-refractivity contribution is 5.39. The topological polar surface area (TPSA) is 30.7 Å². The van der Waals surface area contributed by atoms with E-state index < -0.39 is 46.0 Å². The van der Waals surface area contributed by atoms with E-state index in [1.165, 1.54) is 0 Å².